The van der Waals surface area contributed by atoms with E-state index in [9.17, 15) is 0 Å². The van der Waals surface area contributed by atoms with Crippen molar-refractivity contribution in [2.45, 2.75) is 53.1 Å². The summed E-state index contributed by atoms with van der Waals surface area (Å²) >= 11 is 0. The van der Waals surface area contributed by atoms with Crippen LogP contribution in [0.2, 0.25) is 0 Å². The highest BCUT2D eigenvalue weighted by atomic mass is 16.5. The number of rotatable bonds is 4. The summed E-state index contributed by atoms with van der Waals surface area (Å²) < 4.78 is 5.88. The molecule has 1 aliphatic rings. The molecular weight excluding hydrogens is 250 g/mol. The maximum atomic E-state index is 5.88. The fourth-order valence-electron chi connectivity index (χ4n) is 2.80. The van der Waals surface area contributed by atoms with Gasteiger partial charge in [-0.25, -0.2) is 9.97 Å². The van der Waals surface area contributed by atoms with E-state index in [4.69, 9.17) is 15.5 Å². The summed E-state index contributed by atoms with van der Waals surface area (Å²) in [7, 11) is 0. The Morgan fingerprint density at radius 3 is 2.80 bits per heavy atom. The van der Waals surface area contributed by atoms with Crippen LogP contribution in [0.4, 0.5) is 0 Å². The van der Waals surface area contributed by atoms with Crippen LogP contribution in [0.25, 0.3) is 0 Å². The second kappa shape index (κ2) is 6.19. The topological polar surface area (TPSA) is 61.0 Å². The minimum Gasteiger partial charge on any atom is -0.370 e. The van der Waals surface area contributed by atoms with Crippen LogP contribution < -0.4 is 5.73 Å². The van der Waals surface area contributed by atoms with Crippen molar-refractivity contribution in [3.05, 3.63) is 23.3 Å². The molecule has 2 atom stereocenters. The van der Waals surface area contributed by atoms with Gasteiger partial charge in [-0.2, -0.15) is 0 Å². The minimum atomic E-state index is -0.0509. The van der Waals surface area contributed by atoms with Gasteiger partial charge in [-0.15, -0.1) is 0 Å². The first-order valence-corrected chi connectivity index (χ1v) is 7.62. The van der Waals surface area contributed by atoms with Crippen molar-refractivity contribution in [3.8, 4) is 0 Å². The molecule has 0 amide bonds. The normalized spacial score (nSPS) is 20.6. The van der Waals surface area contributed by atoms with Gasteiger partial charge in [0.25, 0.3) is 0 Å². The fraction of sp³-hybridized carbons (Fsp3) is 0.750. The maximum absolute atomic E-state index is 5.88. The van der Waals surface area contributed by atoms with Crippen molar-refractivity contribution in [3.63, 3.8) is 0 Å². The molecule has 0 radical (unpaired) electrons. The third-order valence-electron chi connectivity index (χ3n) is 3.96. The summed E-state index contributed by atoms with van der Waals surface area (Å²) in [6, 6.07) is 0. The molecule has 0 fully saturated rings. The Kier molecular flexibility index (Phi) is 4.76. The molecule has 0 saturated heterocycles. The number of nitrogens with zero attached hydrogens (tertiary/aromatic N) is 2. The number of aryl methyl sites for hydroxylation is 1. The molecule has 0 aromatic carbocycles. The van der Waals surface area contributed by atoms with E-state index < -0.39 is 0 Å². The van der Waals surface area contributed by atoms with Crippen LogP contribution in [0.15, 0.2) is 6.20 Å². The van der Waals surface area contributed by atoms with Crippen LogP contribution in [0, 0.1) is 11.3 Å². The van der Waals surface area contributed by atoms with Gasteiger partial charge < -0.3 is 10.5 Å². The summed E-state index contributed by atoms with van der Waals surface area (Å²) in [4.78, 5) is 9.36. The van der Waals surface area contributed by atoms with Gasteiger partial charge in [0.2, 0.25) is 0 Å². The third kappa shape index (κ3) is 3.36. The highest BCUT2D eigenvalue weighted by Gasteiger charge is 2.30. The summed E-state index contributed by atoms with van der Waals surface area (Å²) in [6.45, 7) is 9.95. The maximum Gasteiger partial charge on any atom is 0.157 e. The van der Waals surface area contributed by atoms with Gasteiger partial charge in [0, 0.05) is 18.5 Å². The molecule has 2 unspecified atom stereocenters. The van der Waals surface area contributed by atoms with E-state index in [1.165, 1.54) is 11.3 Å². The zero-order valence-electron chi connectivity index (χ0n) is 13.1. The molecule has 1 aromatic heterocycles. The molecule has 1 aromatic rings. The van der Waals surface area contributed by atoms with Gasteiger partial charge in [0.05, 0.1) is 0 Å². The molecule has 0 spiro atoms. The largest absolute Gasteiger partial charge is 0.370 e. The van der Waals surface area contributed by atoms with Crippen molar-refractivity contribution in [2.24, 2.45) is 17.1 Å². The van der Waals surface area contributed by atoms with Crippen LogP contribution in [-0.4, -0.2) is 23.1 Å². The van der Waals surface area contributed by atoms with E-state index in [0.29, 0.717) is 12.5 Å². The molecule has 2 rings (SSSR count). The summed E-state index contributed by atoms with van der Waals surface area (Å²) in [5.41, 5.74) is 8.23. The average Bonchev–Trinajstić information content (AvgIpc) is 2.42. The number of ether oxygens (including phenoxy) is 1. The van der Waals surface area contributed by atoms with Crippen LogP contribution >= 0.6 is 0 Å². The number of hydrogen-bond acceptors (Lipinski definition) is 4. The van der Waals surface area contributed by atoms with Crippen LogP contribution in [0.5, 0.6) is 0 Å². The summed E-state index contributed by atoms with van der Waals surface area (Å²) in [5, 5.41) is 0. The standard InChI is InChI=1S/C16H27N3O/c1-5-20-14(16(2,3)4)15-18-10-12-8-11(9-17)6-7-13(12)19-15/h10-11,14H,5-9,17H2,1-4H3. The second-order valence-electron chi connectivity index (χ2n) is 6.75. The minimum absolute atomic E-state index is 0.00128. The predicted molar refractivity (Wildman–Crippen MR) is 80.4 cm³/mol. The average molecular weight is 277 g/mol. The van der Waals surface area contributed by atoms with Crippen LogP contribution in [0.1, 0.15) is 57.3 Å². The Morgan fingerprint density at radius 1 is 1.45 bits per heavy atom. The summed E-state index contributed by atoms with van der Waals surface area (Å²) in [5.74, 6) is 1.41. The smallest absolute Gasteiger partial charge is 0.157 e. The Bertz CT molecular complexity index is 454. The Labute approximate surface area is 122 Å². The molecule has 20 heavy (non-hydrogen) atoms. The van der Waals surface area contributed by atoms with E-state index in [1.54, 1.807) is 0 Å². The van der Waals surface area contributed by atoms with E-state index in [0.717, 1.165) is 31.6 Å². The zero-order valence-corrected chi connectivity index (χ0v) is 13.1. The third-order valence-corrected chi connectivity index (χ3v) is 3.96. The van der Waals surface area contributed by atoms with Crippen LogP contribution in [-0.2, 0) is 17.6 Å². The van der Waals surface area contributed by atoms with E-state index in [1.807, 2.05) is 13.1 Å². The number of fused-ring (bicyclic) bond motifs is 1. The van der Waals surface area contributed by atoms with Gasteiger partial charge in [-0.05, 0) is 49.6 Å². The lowest BCUT2D eigenvalue weighted by atomic mass is 9.86. The van der Waals surface area contributed by atoms with E-state index in [-0.39, 0.29) is 11.5 Å². The van der Waals surface area contributed by atoms with Crippen LogP contribution in [0.3, 0.4) is 0 Å². The highest BCUT2D eigenvalue weighted by Crippen LogP contribution is 2.35. The molecule has 112 valence electrons. The van der Waals surface area contributed by atoms with Crippen molar-refractivity contribution >= 4 is 0 Å². The predicted octanol–water partition coefficient (Wildman–Crippen LogP) is 2.66. The Hall–Kier alpha value is -1.00. The zero-order chi connectivity index (χ0) is 14.8. The number of aromatic nitrogens is 2. The van der Waals surface area contributed by atoms with Crippen molar-refractivity contribution < 1.29 is 4.74 Å². The van der Waals surface area contributed by atoms with Crippen molar-refractivity contribution in [1.29, 1.82) is 0 Å². The molecule has 0 bridgehead atoms. The second-order valence-corrected chi connectivity index (χ2v) is 6.75. The molecule has 0 saturated carbocycles. The highest BCUT2D eigenvalue weighted by molar-refractivity contribution is 5.22. The van der Waals surface area contributed by atoms with Gasteiger partial charge in [0.15, 0.2) is 5.82 Å². The van der Waals surface area contributed by atoms with Crippen molar-refractivity contribution in [2.75, 3.05) is 13.2 Å². The first-order valence-electron chi connectivity index (χ1n) is 7.62. The number of hydrogen-bond donors (Lipinski definition) is 1. The fourth-order valence-corrected chi connectivity index (χ4v) is 2.80. The van der Waals surface area contributed by atoms with E-state index >= 15 is 0 Å². The number of nitrogens with two attached hydrogens (primary N) is 1. The first-order chi connectivity index (χ1) is 9.45. The Morgan fingerprint density at radius 2 is 2.20 bits per heavy atom. The molecule has 1 aliphatic carbocycles. The summed E-state index contributed by atoms with van der Waals surface area (Å²) in [6.07, 6.45) is 5.09. The van der Waals surface area contributed by atoms with Crippen molar-refractivity contribution in [1.82, 2.24) is 9.97 Å². The molecule has 2 N–H and O–H groups in total. The quantitative estimate of drug-likeness (QED) is 0.919. The SMILES string of the molecule is CCOC(c1ncc2c(n1)CCC(CN)C2)C(C)(C)C. The van der Waals surface area contributed by atoms with Gasteiger partial charge in [-0.1, -0.05) is 20.8 Å². The lowest BCUT2D eigenvalue weighted by Gasteiger charge is -2.30. The molecular formula is C16H27N3O. The molecule has 4 heteroatoms. The lowest BCUT2D eigenvalue weighted by Crippen LogP contribution is -2.27. The first kappa shape index (κ1) is 15.4. The van der Waals surface area contributed by atoms with Gasteiger partial charge in [-0.3, -0.25) is 0 Å². The molecule has 4 nitrogen and oxygen atoms in total. The van der Waals surface area contributed by atoms with Gasteiger partial charge >= 0.3 is 0 Å². The lowest BCUT2D eigenvalue weighted by molar-refractivity contribution is -0.0193. The monoisotopic (exact) mass is 277 g/mol. The van der Waals surface area contributed by atoms with E-state index in [2.05, 4.69) is 25.8 Å². The molecule has 1 heterocycles. The Balaban J connectivity index is 2.26. The van der Waals surface area contributed by atoms with Gasteiger partial charge in [0.1, 0.15) is 6.10 Å². The molecule has 0 aliphatic heterocycles.